The van der Waals surface area contributed by atoms with E-state index in [1.54, 1.807) is 16.7 Å². The van der Waals surface area contributed by atoms with Crippen LogP contribution in [0.2, 0.25) is 0 Å². The van der Waals surface area contributed by atoms with Gasteiger partial charge in [-0.3, -0.25) is 4.79 Å². The van der Waals surface area contributed by atoms with Gasteiger partial charge >= 0.3 is 0 Å². The minimum Gasteiger partial charge on any atom is -0.343 e. The molecule has 0 atom stereocenters. The van der Waals surface area contributed by atoms with Gasteiger partial charge in [0.15, 0.2) is 0 Å². The van der Waals surface area contributed by atoms with Crippen LogP contribution in [0.15, 0.2) is 0 Å². The first kappa shape index (κ1) is 13.8. The van der Waals surface area contributed by atoms with Crippen LogP contribution in [0.4, 0.5) is 0 Å². The molecular weight excluding hydrogens is 196 g/mol. The molecule has 0 rings (SSSR count). The maximum Gasteiger partial charge on any atom is 0.242 e. The quantitative estimate of drug-likeness (QED) is 0.731. The van der Waals surface area contributed by atoms with Gasteiger partial charge in [0.1, 0.15) is 0 Å². The molecule has 0 aromatic heterocycles. The molecule has 0 aromatic rings. The lowest BCUT2D eigenvalue weighted by Crippen LogP contribution is -2.53. The number of thioether (sulfide) groups is 1. The number of likely N-dealkylation sites (N-methyl/N-ethyl adjacent to an activating group) is 1. The molecule has 3 nitrogen and oxygen atoms in total. The number of nitrogens with two attached hydrogens (primary N) is 1. The highest BCUT2D eigenvalue weighted by molar-refractivity contribution is 7.98. The fraction of sp³-hybridized carbons (Fsp3) is 0.900. The van der Waals surface area contributed by atoms with E-state index < -0.39 is 5.54 Å². The second-order valence-corrected chi connectivity index (χ2v) is 4.57. The van der Waals surface area contributed by atoms with Crippen LogP contribution in [0.3, 0.4) is 0 Å². The molecule has 0 fully saturated rings. The second-order valence-electron chi connectivity index (χ2n) is 3.58. The van der Waals surface area contributed by atoms with E-state index in [1.165, 1.54) is 0 Å². The predicted octanol–water partition coefficient (Wildman–Crippen LogP) is 1.33. The maximum atomic E-state index is 11.9. The number of rotatable bonds is 6. The molecule has 14 heavy (non-hydrogen) atoms. The smallest absolute Gasteiger partial charge is 0.242 e. The van der Waals surface area contributed by atoms with E-state index >= 15 is 0 Å². The third-order valence-electron chi connectivity index (χ3n) is 2.67. The number of nitrogens with zero attached hydrogens (tertiary/aromatic N) is 1. The molecule has 0 radical (unpaired) electrons. The van der Waals surface area contributed by atoms with Crippen LogP contribution in [-0.4, -0.2) is 41.9 Å². The molecule has 84 valence electrons. The molecule has 4 heteroatoms. The van der Waals surface area contributed by atoms with Crippen LogP contribution in [0, 0.1) is 0 Å². The van der Waals surface area contributed by atoms with E-state index in [0.29, 0.717) is 12.8 Å². The Labute approximate surface area is 91.4 Å². The number of carbonyl (C=O) groups is 1. The van der Waals surface area contributed by atoms with E-state index in [0.717, 1.165) is 12.3 Å². The zero-order valence-corrected chi connectivity index (χ0v) is 10.5. The van der Waals surface area contributed by atoms with Crippen molar-refractivity contribution in [2.45, 2.75) is 32.2 Å². The van der Waals surface area contributed by atoms with Crippen LogP contribution < -0.4 is 5.73 Å². The third kappa shape index (κ3) is 3.50. The fourth-order valence-corrected chi connectivity index (χ4v) is 1.72. The first-order chi connectivity index (χ1) is 6.51. The normalized spacial score (nSPS) is 11.5. The SMILES string of the molecule is CCC(N)(CC)C(=O)N(C)CCSC. The van der Waals surface area contributed by atoms with Crippen molar-refractivity contribution in [2.75, 3.05) is 25.6 Å². The summed E-state index contributed by atoms with van der Waals surface area (Å²) in [5.41, 5.74) is 5.36. The predicted molar refractivity (Wildman–Crippen MR) is 63.5 cm³/mol. The van der Waals surface area contributed by atoms with Gasteiger partial charge in [-0.15, -0.1) is 0 Å². The van der Waals surface area contributed by atoms with Crippen LogP contribution in [0.25, 0.3) is 0 Å². The van der Waals surface area contributed by atoms with E-state index in [4.69, 9.17) is 5.73 Å². The van der Waals surface area contributed by atoms with Crippen LogP contribution in [-0.2, 0) is 4.79 Å². The van der Waals surface area contributed by atoms with Crippen LogP contribution >= 0.6 is 11.8 Å². The summed E-state index contributed by atoms with van der Waals surface area (Å²) in [6, 6.07) is 0. The Morgan fingerprint density at radius 2 is 1.93 bits per heavy atom. The Balaban J connectivity index is 4.28. The Morgan fingerprint density at radius 1 is 1.43 bits per heavy atom. The summed E-state index contributed by atoms with van der Waals surface area (Å²) < 4.78 is 0. The van der Waals surface area contributed by atoms with E-state index in [1.807, 2.05) is 27.2 Å². The number of hydrogen-bond donors (Lipinski definition) is 1. The number of carbonyl (C=O) groups excluding carboxylic acids is 1. The van der Waals surface area contributed by atoms with Crippen LogP contribution in [0.1, 0.15) is 26.7 Å². The highest BCUT2D eigenvalue weighted by Crippen LogP contribution is 2.14. The van der Waals surface area contributed by atoms with Gasteiger partial charge in [0.2, 0.25) is 5.91 Å². The summed E-state index contributed by atoms with van der Waals surface area (Å²) in [6.07, 6.45) is 3.44. The number of hydrogen-bond acceptors (Lipinski definition) is 3. The van der Waals surface area contributed by atoms with Gasteiger partial charge < -0.3 is 10.6 Å². The zero-order chi connectivity index (χ0) is 11.2. The molecule has 0 aliphatic rings. The topological polar surface area (TPSA) is 46.3 Å². The van der Waals surface area contributed by atoms with Crippen molar-refractivity contribution < 1.29 is 4.79 Å². The molecule has 0 saturated carbocycles. The molecule has 0 saturated heterocycles. The molecular formula is C10H22N2OS. The van der Waals surface area contributed by atoms with Gasteiger partial charge in [-0.05, 0) is 19.1 Å². The van der Waals surface area contributed by atoms with Crippen molar-refractivity contribution in [1.29, 1.82) is 0 Å². The molecule has 0 aromatic carbocycles. The summed E-state index contributed by atoms with van der Waals surface area (Å²) in [7, 11) is 1.82. The Morgan fingerprint density at radius 3 is 2.29 bits per heavy atom. The van der Waals surface area contributed by atoms with Gasteiger partial charge in [-0.2, -0.15) is 11.8 Å². The van der Waals surface area contributed by atoms with Crippen molar-refractivity contribution in [1.82, 2.24) is 4.90 Å². The van der Waals surface area contributed by atoms with Crippen molar-refractivity contribution in [3.63, 3.8) is 0 Å². The average Bonchev–Trinajstić information content (AvgIpc) is 2.23. The minimum atomic E-state index is -0.660. The summed E-state index contributed by atoms with van der Waals surface area (Å²) >= 11 is 1.74. The van der Waals surface area contributed by atoms with Gasteiger partial charge in [-0.25, -0.2) is 0 Å². The van der Waals surface area contributed by atoms with Crippen LogP contribution in [0.5, 0.6) is 0 Å². The summed E-state index contributed by atoms with van der Waals surface area (Å²) in [4.78, 5) is 13.7. The summed E-state index contributed by atoms with van der Waals surface area (Å²) in [6.45, 7) is 4.70. The number of amides is 1. The van der Waals surface area contributed by atoms with Crippen molar-refractivity contribution >= 4 is 17.7 Å². The largest absolute Gasteiger partial charge is 0.343 e. The van der Waals surface area contributed by atoms with E-state index in [2.05, 4.69) is 0 Å². The Hall–Kier alpha value is -0.220. The minimum absolute atomic E-state index is 0.0663. The molecule has 2 N–H and O–H groups in total. The standard InChI is InChI=1S/C10H22N2OS/c1-5-10(11,6-2)9(13)12(3)7-8-14-4/h5-8,11H2,1-4H3. The molecule has 0 spiro atoms. The molecule has 0 aliphatic heterocycles. The monoisotopic (exact) mass is 218 g/mol. The Kier molecular flexibility index (Phi) is 6.20. The van der Waals surface area contributed by atoms with Gasteiger partial charge in [0.05, 0.1) is 5.54 Å². The van der Waals surface area contributed by atoms with Gasteiger partial charge in [0, 0.05) is 19.3 Å². The summed E-state index contributed by atoms with van der Waals surface area (Å²) in [5.74, 6) is 1.03. The maximum absolute atomic E-state index is 11.9. The third-order valence-corrected chi connectivity index (χ3v) is 3.26. The first-order valence-corrected chi connectivity index (χ1v) is 6.44. The highest BCUT2D eigenvalue weighted by Gasteiger charge is 2.32. The lowest BCUT2D eigenvalue weighted by atomic mass is 9.92. The molecule has 0 heterocycles. The highest BCUT2D eigenvalue weighted by atomic mass is 32.2. The Bertz CT molecular complexity index is 181. The zero-order valence-electron chi connectivity index (χ0n) is 9.67. The van der Waals surface area contributed by atoms with Crippen molar-refractivity contribution in [3.05, 3.63) is 0 Å². The lowest BCUT2D eigenvalue weighted by molar-refractivity contribution is -0.135. The lowest BCUT2D eigenvalue weighted by Gasteiger charge is -2.30. The molecule has 0 aliphatic carbocycles. The van der Waals surface area contributed by atoms with Gasteiger partial charge in [0.25, 0.3) is 0 Å². The molecule has 0 unspecified atom stereocenters. The van der Waals surface area contributed by atoms with Crippen molar-refractivity contribution in [2.24, 2.45) is 5.73 Å². The molecule has 1 amide bonds. The molecule has 0 bridgehead atoms. The van der Waals surface area contributed by atoms with E-state index in [9.17, 15) is 4.79 Å². The van der Waals surface area contributed by atoms with Crippen molar-refractivity contribution in [3.8, 4) is 0 Å². The van der Waals surface area contributed by atoms with E-state index in [-0.39, 0.29) is 5.91 Å². The second kappa shape index (κ2) is 6.30. The first-order valence-electron chi connectivity index (χ1n) is 5.05. The average molecular weight is 218 g/mol. The van der Waals surface area contributed by atoms with Gasteiger partial charge in [-0.1, -0.05) is 13.8 Å². The summed E-state index contributed by atoms with van der Waals surface area (Å²) in [5, 5.41) is 0. The fourth-order valence-electron chi connectivity index (χ4n) is 1.26.